The zero-order valence-corrected chi connectivity index (χ0v) is 34.3. The first-order valence-electron chi connectivity index (χ1n) is 21.7. The summed E-state index contributed by atoms with van der Waals surface area (Å²) in [6, 6.07) is 22.2. The number of para-hydroxylation sites is 1. The van der Waals surface area contributed by atoms with Crippen LogP contribution in [0.5, 0.6) is 11.5 Å². The van der Waals surface area contributed by atoms with Gasteiger partial charge in [-0.25, -0.2) is 19.4 Å². The lowest BCUT2D eigenvalue weighted by Gasteiger charge is -2.43. The van der Waals surface area contributed by atoms with Crippen molar-refractivity contribution in [1.29, 1.82) is 0 Å². The van der Waals surface area contributed by atoms with Crippen molar-refractivity contribution in [1.82, 2.24) is 44.7 Å². The van der Waals surface area contributed by atoms with Gasteiger partial charge in [-0.2, -0.15) is 5.10 Å². The summed E-state index contributed by atoms with van der Waals surface area (Å²) in [5, 5.41) is 8.02. The predicted octanol–water partition coefficient (Wildman–Crippen LogP) is 5.37. The van der Waals surface area contributed by atoms with Gasteiger partial charge in [-0.1, -0.05) is 24.3 Å². The Morgan fingerprint density at radius 3 is 2.24 bits per heavy atom. The van der Waals surface area contributed by atoms with Crippen molar-refractivity contribution in [2.45, 2.75) is 75.4 Å². The van der Waals surface area contributed by atoms with E-state index in [0.29, 0.717) is 71.6 Å². The summed E-state index contributed by atoms with van der Waals surface area (Å²) < 4.78 is 7.94. The Morgan fingerprint density at radius 2 is 1.48 bits per heavy atom. The van der Waals surface area contributed by atoms with Crippen LogP contribution >= 0.6 is 0 Å². The number of nitrogen functional groups attached to an aromatic ring is 1. The van der Waals surface area contributed by atoms with Crippen LogP contribution in [-0.2, 0) is 9.59 Å². The van der Waals surface area contributed by atoms with Gasteiger partial charge in [-0.3, -0.25) is 29.4 Å². The summed E-state index contributed by atoms with van der Waals surface area (Å²) in [6.07, 6.45) is 7.02. The first-order chi connectivity index (χ1) is 30.2. The highest BCUT2D eigenvalue weighted by Crippen LogP contribution is 2.37. The first-order valence-corrected chi connectivity index (χ1v) is 21.7. The molecule has 0 saturated carbocycles. The molecule has 2 atom stereocenters. The highest BCUT2D eigenvalue weighted by molar-refractivity contribution is 6.23. The van der Waals surface area contributed by atoms with E-state index in [1.807, 2.05) is 81.2 Å². The van der Waals surface area contributed by atoms with Crippen molar-refractivity contribution >= 4 is 46.5 Å². The number of fused-ring (bicyclic) bond motifs is 2. The zero-order valence-electron chi connectivity index (χ0n) is 34.3. The third-order valence-corrected chi connectivity index (χ3v) is 13.4. The van der Waals surface area contributed by atoms with Crippen molar-refractivity contribution in [3.05, 3.63) is 95.8 Å². The summed E-state index contributed by atoms with van der Waals surface area (Å²) in [6.45, 7) is 4.40. The second-order valence-electron chi connectivity index (χ2n) is 17.0. The van der Waals surface area contributed by atoms with Crippen molar-refractivity contribution in [3.8, 4) is 22.8 Å². The molecule has 5 aliphatic heterocycles. The van der Waals surface area contributed by atoms with Gasteiger partial charge in [-0.15, -0.1) is 0 Å². The molecule has 0 spiro atoms. The highest BCUT2D eigenvalue weighted by Gasteiger charge is 2.45. The van der Waals surface area contributed by atoms with Gasteiger partial charge in [0.25, 0.3) is 11.8 Å². The number of anilines is 1. The minimum absolute atomic E-state index is 0.0625. The molecule has 16 nitrogen and oxygen atoms in total. The third kappa shape index (κ3) is 7.31. The van der Waals surface area contributed by atoms with Gasteiger partial charge in [0.1, 0.15) is 35.4 Å². The number of piperidine rings is 4. The Hall–Kier alpha value is -6.68. The van der Waals surface area contributed by atoms with E-state index in [2.05, 4.69) is 20.2 Å². The summed E-state index contributed by atoms with van der Waals surface area (Å²) >= 11 is 0. The van der Waals surface area contributed by atoms with Crippen LogP contribution in [0.25, 0.3) is 22.3 Å². The van der Waals surface area contributed by atoms with E-state index in [4.69, 9.17) is 15.6 Å². The third-order valence-electron chi connectivity index (χ3n) is 13.4. The second kappa shape index (κ2) is 16.3. The van der Waals surface area contributed by atoms with Crippen molar-refractivity contribution < 1.29 is 28.7 Å². The average Bonchev–Trinajstić information content (AvgIpc) is 3.82. The molecular formula is C46H48N10O6. The summed E-state index contributed by atoms with van der Waals surface area (Å²) in [4.78, 5) is 81.3. The fourth-order valence-corrected chi connectivity index (χ4v) is 10.0. The molecule has 2 aromatic heterocycles. The number of nitrogens with zero attached hydrogens (tertiary/aromatic N) is 8. The normalized spacial score (nSPS) is 21.7. The maximum Gasteiger partial charge on any atom is 0.320 e. The number of benzene rings is 3. The van der Waals surface area contributed by atoms with Crippen LogP contribution in [0.1, 0.15) is 89.6 Å². The molecule has 6 amide bonds. The molecule has 62 heavy (non-hydrogen) atoms. The number of aromatic nitrogens is 4. The Labute approximate surface area is 358 Å². The lowest BCUT2D eigenvalue weighted by molar-refractivity contribution is -0.136. The van der Waals surface area contributed by atoms with Gasteiger partial charge in [0.15, 0.2) is 5.65 Å². The summed E-state index contributed by atoms with van der Waals surface area (Å²) in [5.74, 6) is 0.0929. The molecule has 7 heterocycles. The molecule has 0 radical (unpaired) electrons. The summed E-state index contributed by atoms with van der Waals surface area (Å²) in [7, 11) is 0. The molecule has 318 valence electrons. The van der Waals surface area contributed by atoms with Gasteiger partial charge >= 0.3 is 6.03 Å². The monoisotopic (exact) mass is 836 g/mol. The van der Waals surface area contributed by atoms with E-state index in [-0.39, 0.29) is 30.8 Å². The highest BCUT2D eigenvalue weighted by atomic mass is 16.5. The lowest BCUT2D eigenvalue weighted by Crippen LogP contribution is -2.54. The molecule has 3 N–H and O–H groups in total. The first kappa shape index (κ1) is 39.5. The van der Waals surface area contributed by atoms with E-state index in [1.54, 1.807) is 6.07 Å². The lowest BCUT2D eigenvalue weighted by atomic mass is 9.86. The molecule has 5 aliphatic rings. The minimum Gasteiger partial charge on any atom is -0.457 e. The molecule has 5 aromatic rings. The molecule has 16 heteroatoms. The van der Waals surface area contributed by atoms with Crippen molar-refractivity contribution in [2.24, 2.45) is 0 Å². The van der Waals surface area contributed by atoms with E-state index < -0.39 is 29.7 Å². The molecule has 10 rings (SSSR count). The van der Waals surface area contributed by atoms with Gasteiger partial charge < -0.3 is 25.2 Å². The number of rotatable bonds is 7. The Balaban J connectivity index is 0.745. The number of imide groups is 2. The quantitative estimate of drug-likeness (QED) is 0.201. The van der Waals surface area contributed by atoms with Crippen LogP contribution in [0.4, 0.5) is 10.6 Å². The molecule has 4 saturated heterocycles. The predicted molar refractivity (Wildman–Crippen MR) is 228 cm³/mol. The minimum atomic E-state index is -0.977. The fourth-order valence-electron chi connectivity index (χ4n) is 10.0. The van der Waals surface area contributed by atoms with E-state index in [1.165, 1.54) is 6.33 Å². The number of amides is 6. The zero-order chi connectivity index (χ0) is 42.5. The Bertz CT molecular complexity index is 2560. The fraction of sp³-hybridized carbons (Fsp3) is 0.391. The van der Waals surface area contributed by atoms with Crippen molar-refractivity contribution in [2.75, 3.05) is 45.0 Å². The molecular weight excluding hydrogens is 789 g/mol. The maximum absolute atomic E-state index is 14.1. The smallest absolute Gasteiger partial charge is 0.320 e. The van der Waals surface area contributed by atoms with E-state index in [9.17, 15) is 24.0 Å². The molecule has 4 fully saturated rings. The number of hydrogen-bond donors (Lipinski definition) is 2. The number of likely N-dealkylation sites (tertiary alicyclic amines) is 3. The maximum atomic E-state index is 14.1. The average molecular weight is 837 g/mol. The van der Waals surface area contributed by atoms with Crippen LogP contribution in [0.2, 0.25) is 0 Å². The van der Waals surface area contributed by atoms with Gasteiger partial charge in [0.05, 0.1) is 22.6 Å². The molecule has 2 unspecified atom stereocenters. The number of carbonyl (C=O) groups excluding carboxylic acids is 5. The number of nitrogens with one attached hydrogen (secondary N) is 1. The number of hydrogen-bond acceptors (Lipinski definition) is 11. The number of nitrogens with two attached hydrogens (primary N) is 1. The number of urea groups is 1. The Kier molecular flexibility index (Phi) is 10.4. The van der Waals surface area contributed by atoms with Crippen LogP contribution < -0.4 is 15.8 Å². The van der Waals surface area contributed by atoms with Gasteiger partial charge in [0.2, 0.25) is 11.8 Å². The van der Waals surface area contributed by atoms with Gasteiger partial charge in [-0.05, 0) is 118 Å². The molecule has 0 aliphatic carbocycles. The van der Waals surface area contributed by atoms with E-state index >= 15 is 0 Å². The largest absolute Gasteiger partial charge is 0.457 e. The van der Waals surface area contributed by atoms with Gasteiger partial charge in [0, 0.05) is 44.2 Å². The van der Waals surface area contributed by atoms with Crippen molar-refractivity contribution in [3.63, 3.8) is 0 Å². The van der Waals surface area contributed by atoms with Crippen LogP contribution in [-0.4, -0.2) is 120 Å². The van der Waals surface area contributed by atoms with Crippen LogP contribution in [0, 0.1) is 0 Å². The number of carbonyl (C=O) groups is 5. The standard InChI is InChI=1S/C46H48N10O6/c47-41-39-40(29-8-11-34(12-9-29)62-33-6-2-1-3-7-33)51-56(42(39)49-27-48-41)32-5-4-20-54(26-32)46(61)53-23-18-31(19-24-53)52-21-16-28(17-22-52)30-10-13-35-36(25-30)45(60)55(44(35)59)37-14-15-38(57)50-43(37)58/h1-3,6-13,25,27-28,31-32,37H,4-5,14-24,26H2,(H2,47,48,49)(H,50,57,58). The SMILES string of the molecule is Nc1ncnc2c1c(-c1ccc(Oc3ccccc3)cc1)nn2C1CCCN(C(=O)N2CCC(N3CCC(c4ccc5c(c4)C(=O)N(C4CCC(=O)NC4=O)C5=O)CC3)CC2)C1. The molecule has 3 aromatic carbocycles. The second-order valence-corrected chi connectivity index (χ2v) is 17.0. The van der Waals surface area contributed by atoms with Crippen LogP contribution in [0.15, 0.2) is 79.1 Å². The van der Waals surface area contributed by atoms with Crippen LogP contribution in [0.3, 0.4) is 0 Å². The number of ether oxygens (including phenoxy) is 1. The summed E-state index contributed by atoms with van der Waals surface area (Å²) in [5.41, 5.74) is 10.3. The molecule has 0 bridgehead atoms. The Morgan fingerprint density at radius 1 is 0.742 bits per heavy atom. The van der Waals surface area contributed by atoms with E-state index in [0.717, 1.165) is 73.4 Å². The topological polar surface area (TPSA) is 189 Å².